The van der Waals surface area contributed by atoms with E-state index in [-0.39, 0.29) is 37.4 Å². The number of ketones is 1. The summed E-state index contributed by atoms with van der Waals surface area (Å²) < 4.78 is 39.1. The van der Waals surface area contributed by atoms with Crippen molar-refractivity contribution in [3.63, 3.8) is 0 Å². The van der Waals surface area contributed by atoms with E-state index in [4.69, 9.17) is 0 Å². The molecule has 0 radical (unpaired) electrons. The Bertz CT molecular complexity index is 673. The molecule has 1 fully saturated rings. The van der Waals surface area contributed by atoms with Gasteiger partial charge in [0.1, 0.15) is 0 Å². The van der Waals surface area contributed by atoms with Crippen molar-refractivity contribution in [2.24, 2.45) is 0 Å². The van der Waals surface area contributed by atoms with Crippen LogP contribution in [0.4, 0.5) is 13.2 Å². The summed E-state index contributed by atoms with van der Waals surface area (Å²) in [7, 11) is 0. The fourth-order valence-corrected chi connectivity index (χ4v) is 2.77. The van der Waals surface area contributed by atoms with Gasteiger partial charge in [-0.25, -0.2) is 0 Å². The van der Waals surface area contributed by atoms with E-state index in [1.807, 2.05) is 0 Å². The molecule has 25 heavy (non-hydrogen) atoms. The molecule has 2 rings (SSSR count). The molecule has 0 aliphatic carbocycles. The van der Waals surface area contributed by atoms with E-state index in [1.54, 1.807) is 6.92 Å². The van der Waals surface area contributed by atoms with Crippen LogP contribution in [-0.4, -0.2) is 35.1 Å². The van der Waals surface area contributed by atoms with E-state index in [2.05, 4.69) is 5.32 Å². The molecule has 1 heterocycles. The summed E-state index contributed by atoms with van der Waals surface area (Å²) in [6.07, 6.45) is -3.87. The zero-order chi connectivity index (χ0) is 18.6. The Morgan fingerprint density at radius 3 is 2.60 bits per heavy atom. The molecule has 5 nitrogen and oxygen atoms in total. The second kappa shape index (κ2) is 7.67. The lowest BCUT2D eigenvalue weighted by atomic mass is 10.1. The van der Waals surface area contributed by atoms with E-state index < -0.39 is 29.5 Å². The number of carbonyl (C=O) groups excluding carboxylic acids is 3. The monoisotopic (exact) mass is 356 g/mol. The summed E-state index contributed by atoms with van der Waals surface area (Å²) in [4.78, 5) is 36.5. The van der Waals surface area contributed by atoms with Gasteiger partial charge in [0, 0.05) is 25.9 Å². The Morgan fingerprint density at radius 1 is 1.28 bits per heavy atom. The Morgan fingerprint density at radius 2 is 1.96 bits per heavy atom. The number of benzene rings is 1. The third-order valence-corrected chi connectivity index (χ3v) is 3.96. The Hall–Kier alpha value is -2.38. The normalized spacial score (nSPS) is 17.7. The minimum absolute atomic E-state index is 0.00242. The number of likely N-dealkylation sites (tertiary alicyclic amines) is 1. The molecule has 1 aromatic carbocycles. The number of alkyl halides is 3. The zero-order valence-electron chi connectivity index (χ0n) is 13.7. The first-order valence-corrected chi connectivity index (χ1v) is 7.99. The lowest BCUT2D eigenvalue weighted by molar-refractivity contribution is -0.139. The van der Waals surface area contributed by atoms with Crippen LogP contribution in [0.25, 0.3) is 0 Å². The highest BCUT2D eigenvalue weighted by atomic mass is 19.4. The van der Waals surface area contributed by atoms with Crippen LogP contribution < -0.4 is 5.32 Å². The van der Waals surface area contributed by atoms with Crippen molar-refractivity contribution < 1.29 is 27.6 Å². The first-order chi connectivity index (χ1) is 11.7. The van der Waals surface area contributed by atoms with Crippen LogP contribution in [0, 0.1) is 0 Å². The molecule has 2 amide bonds. The number of halogens is 3. The summed E-state index contributed by atoms with van der Waals surface area (Å²) in [5.74, 6) is -1.67. The minimum Gasteiger partial charge on any atom is -0.344 e. The highest BCUT2D eigenvalue weighted by Gasteiger charge is 2.36. The van der Waals surface area contributed by atoms with Gasteiger partial charge in [-0.2, -0.15) is 13.2 Å². The van der Waals surface area contributed by atoms with Crippen LogP contribution >= 0.6 is 0 Å². The molecule has 0 saturated carbocycles. The summed E-state index contributed by atoms with van der Waals surface area (Å²) in [6.45, 7) is 1.66. The fraction of sp³-hybridized carbons (Fsp3) is 0.471. The molecule has 0 spiro atoms. The highest BCUT2D eigenvalue weighted by Crippen LogP contribution is 2.32. The summed E-state index contributed by atoms with van der Waals surface area (Å²) >= 11 is 0. The van der Waals surface area contributed by atoms with E-state index in [9.17, 15) is 27.6 Å². The molecule has 1 aromatic rings. The number of nitrogens with one attached hydrogen (secondary N) is 1. The van der Waals surface area contributed by atoms with E-state index in [0.29, 0.717) is 6.42 Å². The molecule has 1 N–H and O–H groups in total. The number of amides is 2. The molecule has 8 heteroatoms. The zero-order valence-corrected chi connectivity index (χ0v) is 13.7. The largest absolute Gasteiger partial charge is 0.416 e. The second-order valence-electron chi connectivity index (χ2n) is 5.98. The van der Waals surface area contributed by atoms with Crippen LogP contribution in [0.5, 0.6) is 0 Å². The smallest absolute Gasteiger partial charge is 0.344 e. The van der Waals surface area contributed by atoms with Gasteiger partial charge in [-0.1, -0.05) is 25.1 Å². The quantitative estimate of drug-likeness (QED) is 0.796. The van der Waals surface area contributed by atoms with E-state index in [1.165, 1.54) is 23.1 Å². The van der Waals surface area contributed by atoms with Crippen LogP contribution in [-0.2, 0) is 27.1 Å². The average Bonchev–Trinajstić information content (AvgIpc) is 2.86. The van der Waals surface area contributed by atoms with Gasteiger partial charge in [-0.15, -0.1) is 0 Å². The number of carbonyl (C=O) groups is 3. The van der Waals surface area contributed by atoms with Gasteiger partial charge in [-0.05, 0) is 18.1 Å². The van der Waals surface area contributed by atoms with E-state index >= 15 is 0 Å². The van der Waals surface area contributed by atoms with Gasteiger partial charge < -0.3 is 10.2 Å². The Kier molecular flexibility index (Phi) is 5.81. The average molecular weight is 356 g/mol. The van der Waals surface area contributed by atoms with Crippen molar-refractivity contribution >= 4 is 17.6 Å². The molecular formula is C17H19F3N2O3. The first kappa shape index (κ1) is 19.0. The summed E-state index contributed by atoms with van der Waals surface area (Å²) in [5.41, 5.74) is -0.786. The number of rotatable bonds is 6. The molecule has 0 bridgehead atoms. The number of nitrogens with zero attached hydrogens (tertiary/aromatic N) is 1. The van der Waals surface area contributed by atoms with Gasteiger partial charge in [0.05, 0.1) is 11.6 Å². The molecule has 1 atom stereocenters. The number of hydrogen-bond donors (Lipinski definition) is 1. The van der Waals surface area contributed by atoms with Crippen LogP contribution in [0.1, 0.15) is 37.3 Å². The van der Waals surface area contributed by atoms with Crippen molar-refractivity contribution in [1.82, 2.24) is 10.2 Å². The van der Waals surface area contributed by atoms with E-state index in [0.717, 1.165) is 6.07 Å². The third kappa shape index (κ3) is 4.80. The van der Waals surface area contributed by atoms with Gasteiger partial charge in [-0.3, -0.25) is 14.4 Å². The maximum atomic E-state index is 13.0. The molecule has 1 saturated heterocycles. The van der Waals surface area contributed by atoms with Crippen molar-refractivity contribution in [2.45, 2.75) is 44.9 Å². The van der Waals surface area contributed by atoms with Gasteiger partial charge in [0.25, 0.3) is 5.91 Å². The molecule has 0 aromatic heterocycles. The number of hydrogen-bond acceptors (Lipinski definition) is 3. The first-order valence-electron chi connectivity index (χ1n) is 7.99. The van der Waals surface area contributed by atoms with Gasteiger partial charge in [0.2, 0.25) is 11.7 Å². The SMILES string of the molecule is CCCC(=O)C(=O)N[C@H]1CC(=O)N(Cc2ccccc2C(F)(F)F)C1. The maximum absolute atomic E-state index is 13.0. The predicted octanol–water partition coefficient (Wildman–Crippen LogP) is 2.29. The topological polar surface area (TPSA) is 66.5 Å². The van der Waals surface area contributed by atoms with Crippen LogP contribution in [0.3, 0.4) is 0 Å². The lowest BCUT2D eigenvalue weighted by Gasteiger charge is -2.20. The number of Topliss-reactive ketones (excluding diaryl/α,β-unsaturated/α-hetero) is 1. The van der Waals surface area contributed by atoms with Crippen molar-refractivity contribution in [2.75, 3.05) is 6.54 Å². The fourth-order valence-electron chi connectivity index (χ4n) is 2.77. The van der Waals surface area contributed by atoms with Gasteiger partial charge in [0.15, 0.2) is 0 Å². The lowest BCUT2D eigenvalue weighted by Crippen LogP contribution is -2.40. The van der Waals surface area contributed by atoms with Crippen LogP contribution in [0.2, 0.25) is 0 Å². The standard InChI is InChI=1S/C17H19F3N2O3/c1-2-5-14(23)16(25)21-12-8-15(24)22(10-12)9-11-6-3-4-7-13(11)17(18,19)20/h3-4,6-7,12H,2,5,8-10H2,1H3,(H,21,25)/t12-/m0/s1. The molecular weight excluding hydrogens is 337 g/mol. The van der Waals surface area contributed by atoms with Crippen LogP contribution in [0.15, 0.2) is 24.3 Å². The summed E-state index contributed by atoms with van der Waals surface area (Å²) in [6, 6.07) is 4.50. The molecule has 1 aliphatic rings. The highest BCUT2D eigenvalue weighted by molar-refractivity contribution is 6.36. The molecule has 136 valence electrons. The molecule has 1 aliphatic heterocycles. The third-order valence-electron chi connectivity index (χ3n) is 3.96. The minimum atomic E-state index is -4.50. The maximum Gasteiger partial charge on any atom is 0.416 e. The Balaban J connectivity index is 2.03. The molecule has 0 unspecified atom stereocenters. The van der Waals surface area contributed by atoms with Gasteiger partial charge >= 0.3 is 6.18 Å². The second-order valence-corrected chi connectivity index (χ2v) is 5.98. The van der Waals surface area contributed by atoms with Crippen molar-refractivity contribution in [3.8, 4) is 0 Å². The van der Waals surface area contributed by atoms with Crippen molar-refractivity contribution in [1.29, 1.82) is 0 Å². The van der Waals surface area contributed by atoms with Crippen molar-refractivity contribution in [3.05, 3.63) is 35.4 Å². The Labute approximate surface area is 143 Å². The summed E-state index contributed by atoms with van der Waals surface area (Å²) in [5, 5.41) is 2.48. The predicted molar refractivity (Wildman–Crippen MR) is 83.3 cm³/mol.